The van der Waals surface area contributed by atoms with Crippen LogP contribution in [0.3, 0.4) is 0 Å². The van der Waals surface area contributed by atoms with E-state index in [-0.39, 0.29) is 17.8 Å². The maximum Gasteiger partial charge on any atom is 0.305 e. The lowest BCUT2D eigenvalue weighted by Crippen LogP contribution is -2.50. The van der Waals surface area contributed by atoms with Crippen LogP contribution in [0.5, 0.6) is 0 Å². The van der Waals surface area contributed by atoms with E-state index < -0.39 is 0 Å². The summed E-state index contributed by atoms with van der Waals surface area (Å²) < 4.78 is 4.48. The first kappa shape index (κ1) is 11.0. The van der Waals surface area contributed by atoms with Crippen molar-refractivity contribution in [3.05, 3.63) is 0 Å². The van der Waals surface area contributed by atoms with Crippen molar-refractivity contribution in [1.29, 1.82) is 0 Å². The number of nitrogens with one attached hydrogen (secondary N) is 2. The van der Waals surface area contributed by atoms with Crippen molar-refractivity contribution >= 4 is 11.9 Å². The standard InChI is InChI=1S/C9H16N2O3/c1-14-8(12)3-2-4-11-9(13)7-5-10-6-7/h7,10H,2-6H2,1H3,(H,11,13). The molecule has 1 amide bonds. The molecule has 0 bridgehead atoms. The predicted octanol–water partition coefficient (Wildman–Crippen LogP) is -0.725. The molecule has 5 nitrogen and oxygen atoms in total. The van der Waals surface area contributed by atoms with Crippen molar-refractivity contribution in [2.45, 2.75) is 12.8 Å². The minimum Gasteiger partial charge on any atom is -0.469 e. The molecule has 0 aromatic heterocycles. The summed E-state index contributed by atoms with van der Waals surface area (Å²) >= 11 is 0. The second-order valence-corrected chi connectivity index (χ2v) is 3.33. The van der Waals surface area contributed by atoms with Gasteiger partial charge in [-0.1, -0.05) is 0 Å². The quantitative estimate of drug-likeness (QED) is 0.454. The lowest BCUT2D eigenvalue weighted by atomic mass is 10.0. The van der Waals surface area contributed by atoms with Crippen LogP contribution in [0.25, 0.3) is 0 Å². The first-order chi connectivity index (χ1) is 6.74. The minimum absolute atomic E-state index is 0.0774. The van der Waals surface area contributed by atoms with Crippen molar-refractivity contribution in [3.8, 4) is 0 Å². The Hall–Kier alpha value is -1.10. The van der Waals surface area contributed by atoms with E-state index in [0.29, 0.717) is 19.4 Å². The lowest BCUT2D eigenvalue weighted by Gasteiger charge is -2.25. The Morgan fingerprint density at radius 2 is 2.21 bits per heavy atom. The Labute approximate surface area is 83.2 Å². The Bertz CT molecular complexity index is 214. The Morgan fingerprint density at radius 3 is 2.71 bits per heavy atom. The lowest BCUT2D eigenvalue weighted by molar-refractivity contribution is -0.140. The summed E-state index contributed by atoms with van der Waals surface area (Å²) in [6.45, 7) is 2.08. The molecule has 14 heavy (non-hydrogen) atoms. The third-order valence-corrected chi connectivity index (χ3v) is 2.24. The molecule has 0 saturated carbocycles. The van der Waals surface area contributed by atoms with Crippen LogP contribution in [0, 0.1) is 5.92 Å². The van der Waals surface area contributed by atoms with E-state index in [2.05, 4.69) is 15.4 Å². The second-order valence-electron chi connectivity index (χ2n) is 3.33. The smallest absolute Gasteiger partial charge is 0.305 e. The molecule has 0 spiro atoms. The SMILES string of the molecule is COC(=O)CCCNC(=O)C1CNC1. The zero-order valence-electron chi connectivity index (χ0n) is 8.34. The summed E-state index contributed by atoms with van der Waals surface area (Å²) in [6.07, 6.45) is 0.998. The molecular formula is C9H16N2O3. The first-order valence-electron chi connectivity index (χ1n) is 4.79. The molecule has 1 saturated heterocycles. The van der Waals surface area contributed by atoms with E-state index in [4.69, 9.17) is 0 Å². The van der Waals surface area contributed by atoms with Gasteiger partial charge in [0, 0.05) is 26.1 Å². The molecule has 5 heteroatoms. The van der Waals surface area contributed by atoms with Gasteiger partial charge in [-0.05, 0) is 6.42 Å². The maximum absolute atomic E-state index is 11.3. The van der Waals surface area contributed by atoms with E-state index in [9.17, 15) is 9.59 Å². The van der Waals surface area contributed by atoms with Crippen molar-refractivity contribution in [3.63, 3.8) is 0 Å². The highest BCUT2D eigenvalue weighted by atomic mass is 16.5. The molecule has 1 fully saturated rings. The number of rotatable bonds is 5. The number of esters is 1. The number of ether oxygens (including phenoxy) is 1. The van der Waals surface area contributed by atoms with Crippen LogP contribution in [0.15, 0.2) is 0 Å². The van der Waals surface area contributed by atoms with E-state index in [1.807, 2.05) is 0 Å². The van der Waals surface area contributed by atoms with Gasteiger partial charge in [-0.3, -0.25) is 9.59 Å². The highest BCUT2D eigenvalue weighted by Crippen LogP contribution is 2.01. The largest absolute Gasteiger partial charge is 0.469 e. The van der Waals surface area contributed by atoms with Gasteiger partial charge in [0.25, 0.3) is 0 Å². The molecule has 1 heterocycles. The van der Waals surface area contributed by atoms with Crippen molar-refractivity contribution in [2.24, 2.45) is 5.92 Å². The van der Waals surface area contributed by atoms with Crippen molar-refractivity contribution < 1.29 is 14.3 Å². The molecule has 0 atom stereocenters. The summed E-state index contributed by atoms with van der Waals surface area (Å²) in [5.74, 6) is -0.0358. The fraction of sp³-hybridized carbons (Fsp3) is 0.778. The van der Waals surface area contributed by atoms with Gasteiger partial charge in [0.1, 0.15) is 0 Å². The highest BCUT2D eigenvalue weighted by molar-refractivity contribution is 5.80. The van der Waals surface area contributed by atoms with Crippen LogP contribution in [0.2, 0.25) is 0 Å². The van der Waals surface area contributed by atoms with Crippen LogP contribution < -0.4 is 10.6 Å². The summed E-state index contributed by atoms with van der Waals surface area (Å²) in [5.41, 5.74) is 0. The number of carbonyl (C=O) groups excluding carboxylic acids is 2. The Balaban J connectivity index is 1.97. The fourth-order valence-electron chi connectivity index (χ4n) is 1.16. The number of hydrogen-bond donors (Lipinski definition) is 2. The molecule has 1 aliphatic rings. The Kier molecular flexibility index (Phi) is 4.39. The van der Waals surface area contributed by atoms with Crippen molar-refractivity contribution in [2.75, 3.05) is 26.7 Å². The summed E-state index contributed by atoms with van der Waals surface area (Å²) in [4.78, 5) is 22.0. The van der Waals surface area contributed by atoms with Gasteiger partial charge < -0.3 is 15.4 Å². The van der Waals surface area contributed by atoms with E-state index in [0.717, 1.165) is 13.1 Å². The molecule has 0 aromatic carbocycles. The molecule has 0 aromatic rings. The van der Waals surface area contributed by atoms with Gasteiger partial charge in [0.2, 0.25) is 5.91 Å². The Morgan fingerprint density at radius 1 is 1.50 bits per heavy atom. The molecule has 2 N–H and O–H groups in total. The van der Waals surface area contributed by atoms with Gasteiger partial charge >= 0.3 is 5.97 Å². The molecule has 0 radical (unpaired) electrons. The van der Waals surface area contributed by atoms with E-state index >= 15 is 0 Å². The predicted molar refractivity (Wildman–Crippen MR) is 50.6 cm³/mol. The fourth-order valence-corrected chi connectivity index (χ4v) is 1.16. The van der Waals surface area contributed by atoms with Gasteiger partial charge in [0.15, 0.2) is 0 Å². The number of carbonyl (C=O) groups is 2. The maximum atomic E-state index is 11.3. The molecule has 1 aliphatic heterocycles. The average Bonchev–Trinajstić information content (AvgIpc) is 2.09. The van der Waals surface area contributed by atoms with Gasteiger partial charge in [-0.2, -0.15) is 0 Å². The molecule has 1 rings (SSSR count). The first-order valence-corrected chi connectivity index (χ1v) is 4.79. The zero-order valence-corrected chi connectivity index (χ0v) is 8.34. The second kappa shape index (κ2) is 5.59. The highest BCUT2D eigenvalue weighted by Gasteiger charge is 2.23. The topological polar surface area (TPSA) is 67.4 Å². The zero-order chi connectivity index (χ0) is 10.4. The van der Waals surface area contributed by atoms with Gasteiger partial charge in [0.05, 0.1) is 13.0 Å². The average molecular weight is 200 g/mol. The molecule has 80 valence electrons. The monoisotopic (exact) mass is 200 g/mol. The van der Waals surface area contributed by atoms with E-state index in [1.54, 1.807) is 0 Å². The molecular weight excluding hydrogens is 184 g/mol. The minimum atomic E-state index is -0.232. The summed E-state index contributed by atoms with van der Waals surface area (Å²) in [5, 5.41) is 5.80. The third-order valence-electron chi connectivity index (χ3n) is 2.24. The van der Waals surface area contributed by atoms with Crippen molar-refractivity contribution in [1.82, 2.24) is 10.6 Å². The van der Waals surface area contributed by atoms with Crippen LogP contribution in [-0.2, 0) is 14.3 Å². The van der Waals surface area contributed by atoms with Crippen LogP contribution >= 0.6 is 0 Å². The van der Waals surface area contributed by atoms with Crippen LogP contribution in [0.1, 0.15) is 12.8 Å². The number of hydrogen-bond acceptors (Lipinski definition) is 4. The number of amides is 1. The summed E-state index contributed by atoms with van der Waals surface area (Å²) in [7, 11) is 1.36. The van der Waals surface area contributed by atoms with Gasteiger partial charge in [-0.15, -0.1) is 0 Å². The summed E-state index contributed by atoms with van der Waals surface area (Å²) in [6, 6.07) is 0. The van der Waals surface area contributed by atoms with Crippen LogP contribution in [-0.4, -0.2) is 38.6 Å². The van der Waals surface area contributed by atoms with E-state index in [1.165, 1.54) is 7.11 Å². The molecule has 0 aliphatic carbocycles. The number of methoxy groups -OCH3 is 1. The van der Waals surface area contributed by atoms with Gasteiger partial charge in [-0.25, -0.2) is 0 Å². The third kappa shape index (κ3) is 3.33. The molecule has 0 unspecified atom stereocenters. The normalized spacial score (nSPS) is 15.8. The van der Waals surface area contributed by atoms with Crippen LogP contribution in [0.4, 0.5) is 0 Å².